The molecule has 2 aromatic carbocycles. The lowest BCUT2D eigenvalue weighted by Gasteiger charge is -2.36. The summed E-state index contributed by atoms with van der Waals surface area (Å²) in [6.07, 6.45) is -1.37. The highest BCUT2D eigenvalue weighted by atomic mass is 35.5. The molecule has 0 radical (unpaired) electrons. The van der Waals surface area contributed by atoms with Gasteiger partial charge in [0.2, 0.25) is 5.78 Å². The summed E-state index contributed by atoms with van der Waals surface area (Å²) in [5, 5.41) is 26.9. The van der Waals surface area contributed by atoms with Crippen LogP contribution in [-0.4, -0.2) is 22.9 Å². The molecule has 2 heterocycles. The van der Waals surface area contributed by atoms with Crippen molar-refractivity contribution in [1.82, 2.24) is 5.32 Å². The number of aliphatic hydroxyl groups is 1. The van der Waals surface area contributed by atoms with Crippen LogP contribution < -0.4 is 15.5 Å². The lowest BCUT2D eigenvalue weighted by molar-refractivity contribution is -0.125. The molecule has 1 amide bonds. The van der Waals surface area contributed by atoms with E-state index in [1.165, 1.54) is 4.90 Å². The molecule has 9 heteroatoms. The number of anilines is 2. The Hall–Kier alpha value is -4.06. The molecule has 0 saturated heterocycles. The summed E-state index contributed by atoms with van der Waals surface area (Å²) in [4.78, 5) is 27.9. The first-order valence-electron chi connectivity index (χ1n) is 12.2. The predicted octanol–water partition coefficient (Wildman–Crippen LogP) is 5.22. The van der Waals surface area contributed by atoms with Crippen LogP contribution in [0.5, 0.6) is 0 Å². The van der Waals surface area contributed by atoms with Gasteiger partial charge in [0.05, 0.1) is 40.8 Å². The number of rotatable bonds is 6. The number of para-hydroxylation sites is 1. The fourth-order valence-corrected chi connectivity index (χ4v) is 5.06. The Morgan fingerprint density at radius 3 is 2.55 bits per heavy atom. The van der Waals surface area contributed by atoms with Crippen molar-refractivity contribution in [1.29, 1.82) is 5.26 Å². The summed E-state index contributed by atoms with van der Waals surface area (Å²) in [5.74, 6) is 0.639. The molecule has 1 aliphatic heterocycles. The van der Waals surface area contributed by atoms with Gasteiger partial charge in [-0.05, 0) is 48.7 Å². The number of hydrogen-bond donors (Lipinski definition) is 3. The summed E-state index contributed by atoms with van der Waals surface area (Å²) in [6, 6.07) is 15.7. The maximum Gasteiger partial charge on any atom is 0.261 e. The number of aryl methyl sites for hydroxylation is 1. The first kappa shape index (κ1) is 25.6. The average molecular weight is 531 g/mol. The molecule has 0 spiro atoms. The largest absolute Gasteiger partial charge is 0.464 e. The smallest absolute Gasteiger partial charge is 0.261 e. The first-order chi connectivity index (χ1) is 18.0. The SMILES string of the molecule is Cc1ccc([C@H](NC2=C(Nc3ccc(Cl)c4c3C(=O)N(c3ccccc3C#N)C4)C(O)C2=O)C(C)(C)C)o1. The molecule has 1 aromatic heterocycles. The van der Waals surface area contributed by atoms with E-state index in [4.69, 9.17) is 16.0 Å². The molecule has 3 N–H and O–H groups in total. The highest BCUT2D eigenvalue weighted by Crippen LogP contribution is 2.41. The van der Waals surface area contributed by atoms with E-state index >= 15 is 0 Å². The van der Waals surface area contributed by atoms with Crippen molar-refractivity contribution in [2.75, 3.05) is 10.2 Å². The lowest BCUT2D eigenvalue weighted by Crippen LogP contribution is -2.48. The summed E-state index contributed by atoms with van der Waals surface area (Å²) >= 11 is 6.48. The van der Waals surface area contributed by atoms with E-state index in [1.54, 1.807) is 36.4 Å². The third-order valence-corrected chi connectivity index (χ3v) is 7.21. The normalized spacial score (nSPS) is 17.7. The minimum atomic E-state index is -1.37. The lowest BCUT2D eigenvalue weighted by atomic mass is 9.83. The Bertz CT molecular complexity index is 1540. The Kier molecular flexibility index (Phi) is 6.30. The third-order valence-electron chi connectivity index (χ3n) is 6.85. The zero-order chi connectivity index (χ0) is 27.4. The standard InChI is InChI=1S/C29H27ClN4O4/c1-15-9-12-21(38-15)27(29(2,3)4)33-24-23(25(35)26(24)36)32-19-11-10-18(30)17-14-34(28(37)22(17)19)20-8-6-5-7-16(20)13-31/h5-12,25,27,32-33,35H,14H2,1-4H3/t25?,27-/m0/s1. The number of fused-ring (bicyclic) bond motifs is 1. The van der Waals surface area contributed by atoms with Gasteiger partial charge in [-0.25, -0.2) is 0 Å². The van der Waals surface area contributed by atoms with Crippen molar-refractivity contribution >= 4 is 34.7 Å². The Labute approximate surface area is 225 Å². The molecule has 5 rings (SSSR count). The van der Waals surface area contributed by atoms with Crippen LogP contribution in [0.3, 0.4) is 0 Å². The van der Waals surface area contributed by atoms with E-state index in [0.29, 0.717) is 38.8 Å². The van der Waals surface area contributed by atoms with Crippen molar-refractivity contribution in [3.8, 4) is 6.07 Å². The number of aliphatic hydroxyl groups excluding tert-OH is 1. The number of nitrogens with zero attached hydrogens (tertiary/aromatic N) is 2. The van der Waals surface area contributed by atoms with Crippen LogP contribution in [0.2, 0.25) is 5.02 Å². The second-order valence-electron chi connectivity index (χ2n) is 10.5. The van der Waals surface area contributed by atoms with Gasteiger partial charge in [-0.2, -0.15) is 5.26 Å². The zero-order valence-electron chi connectivity index (χ0n) is 21.4. The number of carbonyl (C=O) groups is 2. The quantitative estimate of drug-likeness (QED) is 0.400. The van der Waals surface area contributed by atoms with E-state index in [-0.39, 0.29) is 35.3 Å². The van der Waals surface area contributed by atoms with E-state index in [0.717, 1.165) is 5.76 Å². The molecular formula is C29H27ClN4O4. The van der Waals surface area contributed by atoms with E-state index < -0.39 is 11.9 Å². The van der Waals surface area contributed by atoms with Gasteiger partial charge < -0.3 is 25.1 Å². The van der Waals surface area contributed by atoms with E-state index in [2.05, 4.69) is 16.7 Å². The number of ketones is 1. The van der Waals surface area contributed by atoms with Crippen molar-refractivity contribution in [3.05, 3.63) is 93.2 Å². The highest BCUT2D eigenvalue weighted by Gasteiger charge is 2.43. The predicted molar refractivity (Wildman–Crippen MR) is 144 cm³/mol. The molecule has 1 aliphatic carbocycles. The van der Waals surface area contributed by atoms with Crippen LogP contribution in [-0.2, 0) is 11.3 Å². The molecule has 2 atom stereocenters. The van der Waals surface area contributed by atoms with Crippen LogP contribution >= 0.6 is 11.6 Å². The number of benzene rings is 2. The van der Waals surface area contributed by atoms with E-state index in [1.807, 2.05) is 39.8 Å². The van der Waals surface area contributed by atoms with Crippen molar-refractivity contribution in [2.24, 2.45) is 5.41 Å². The first-order valence-corrected chi connectivity index (χ1v) is 12.6. The highest BCUT2D eigenvalue weighted by molar-refractivity contribution is 6.33. The van der Waals surface area contributed by atoms with Gasteiger partial charge in [0.15, 0.2) is 6.10 Å². The molecule has 3 aromatic rings. The number of Topliss-reactive ketones (excluding diaryl/α,β-unsaturated/α-hetero) is 1. The summed E-state index contributed by atoms with van der Waals surface area (Å²) in [7, 11) is 0. The van der Waals surface area contributed by atoms with Gasteiger partial charge in [0, 0.05) is 10.6 Å². The van der Waals surface area contributed by atoms with Crippen LogP contribution in [0.25, 0.3) is 0 Å². The molecule has 2 aliphatic rings. The van der Waals surface area contributed by atoms with Gasteiger partial charge in [-0.3, -0.25) is 9.59 Å². The minimum absolute atomic E-state index is 0.191. The van der Waals surface area contributed by atoms with Crippen LogP contribution in [0.1, 0.15) is 59.8 Å². The Balaban J connectivity index is 1.51. The summed E-state index contributed by atoms with van der Waals surface area (Å²) in [5.41, 5.74) is 2.37. The van der Waals surface area contributed by atoms with Crippen LogP contribution in [0, 0.1) is 23.7 Å². The van der Waals surface area contributed by atoms with Crippen LogP contribution in [0.15, 0.2) is 64.3 Å². The van der Waals surface area contributed by atoms with Crippen LogP contribution in [0.4, 0.5) is 11.4 Å². The number of carbonyl (C=O) groups excluding carboxylic acids is 2. The number of nitriles is 1. The number of amides is 1. The zero-order valence-corrected chi connectivity index (χ0v) is 22.2. The fraction of sp³-hybridized carbons (Fsp3) is 0.276. The number of furan rings is 1. The van der Waals surface area contributed by atoms with Gasteiger partial charge >= 0.3 is 0 Å². The van der Waals surface area contributed by atoms with Crippen molar-refractivity contribution in [2.45, 2.75) is 46.4 Å². The van der Waals surface area contributed by atoms with Gasteiger partial charge in [-0.1, -0.05) is 44.5 Å². The number of hydrogen-bond acceptors (Lipinski definition) is 7. The third kappa shape index (κ3) is 4.24. The number of nitrogens with one attached hydrogen (secondary N) is 2. The van der Waals surface area contributed by atoms with Crippen molar-refractivity contribution in [3.63, 3.8) is 0 Å². The maximum absolute atomic E-state index is 13.6. The minimum Gasteiger partial charge on any atom is -0.464 e. The Morgan fingerprint density at radius 2 is 1.89 bits per heavy atom. The molecule has 38 heavy (non-hydrogen) atoms. The number of halogens is 1. The molecule has 0 saturated carbocycles. The molecular weight excluding hydrogens is 504 g/mol. The average Bonchev–Trinajstić information content (AvgIpc) is 3.47. The monoisotopic (exact) mass is 530 g/mol. The molecule has 8 nitrogen and oxygen atoms in total. The van der Waals surface area contributed by atoms with Gasteiger partial charge in [0.1, 0.15) is 23.3 Å². The van der Waals surface area contributed by atoms with E-state index in [9.17, 15) is 20.0 Å². The molecule has 0 bridgehead atoms. The van der Waals surface area contributed by atoms with Gasteiger partial charge in [-0.15, -0.1) is 0 Å². The molecule has 0 fully saturated rings. The second kappa shape index (κ2) is 9.35. The fourth-order valence-electron chi connectivity index (χ4n) is 4.84. The molecule has 1 unspecified atom stereocenters. The topological polar surface area (TPSA) is 119 Å². The van der Waals surface area contributed by atoms with Gasteiger partial charge in [0.25, 0.3) is 5.91 Å². The summed E-state index contributed by atoms with van der Waals surface area (Å²) in [6.45, 7) is 8.11. The maximum atomic E-state index is 13.6. The Morgan fingerprint density at radius 1 is 1.16 bits per heavy atom. The summed E-state index contributed by atoms with van der Waals surface area (Å²) < 4.78 is 5.85. The second-order valence-corrected chi connectivity index (χ2v) is 10.9. The molecule has 194 valence electrons. The van der Waals surface area contributed by atoms with Crippen molar-refractivity contribution < 1.29 is 19.1 Å².